The molecule has 1 amide bonds. The number of amides is 1. The second-order valence-corrected chi connectivity index (χ2v) is 9.64. The molecule has 0 radical (unpaired) electrons. The minimum atomic E-state index is -3.75. The zero-order valence-electron chi connectivity index (χ0n) is 19.0. The Morgan fingerprint density at radius 2 is 1.56 bits per heavy atom. The van der Waals surface area contributed by atoms with Crippen molar-refractivity contribution < 1.29 is 17.9 Å². The van der Waals surface area contributed by atoms with Gasteiger partial charge in [-0.1, -0.05) is 55.5 Å². The van der Waals surface area contributed by atoms with Crippen molar-refractivity contribution in [1.82, 2.24) is 0 Å². The van der Waals surface area contributed by atoms with Crippen LogP contribution in [0.25, 0.3) is 10.8 Å². The topological polar surface area (TPSA) is 84.5 Å². The van der Waals surface area contributed by atoms with Crippen molar-refractivity contribution >= 4 is 38.1 Å². The number of carbonyl (C=O) groups is 1. The Kier molecular flexibility index (Phi) is 6.84. The molecular weight excluding hydrogens is 448 g/mol. The van der Waals surface area contributed by atoms with Gasteiger partial charge < -0.3 is 10.1 Å². The fraction of sp³-hybridized carbons (Fsp3) is 0.148. The lowest BCUT2D eigenvalue weighted by Crippen LogP contribution is -2.32. The number of carbonyl (C=O) groups excluding carboxylic acids is 1. The molecule has 4 aromatic rings. The molecule has 4 aromatic carbocycles. The lowest BCUT2D eigenvalue weighted by molar-refractivity contribution is -0.122. The van der Waals surface area contributed by atoms with Crippen molar-refractivity contribution in [2.75, 3.05) is 10.0 Å². The average molecular weight is 475 g/mol. The van der Waals surface area contributed by atoms with Crippen molar-refractivity contribution in [2.45, 2.75) is 31.3 Å². The second-order valence-electron chi connectivity index (χ2n) is 7.96. The summed E-state index contributed by atoms with van der Waals surface area (Å²) in [4.78, 5) is 12.9. The normalized spacial score (nSPS) is 12.2. The third kappa shape index (κ3) is 5.38. The van der Waals surface area contributed by atoms with Crippen LogP contribution in [0.2, 0.25) is 0 Å². The summed E-state index contributed by atoms with van der Waals surface area (Å²) in [6, 6.07) is 26.9. The van der Waals surface area contributed by atoms with Gasteiger partial charge in [-0.05, 0) is 72.1 Å². The summed E-state index contributed by atoms with van der Waals surface area (Å²) >= 11 is 0. The van der Waals surface area contributed by atoms with Crippen LogP contribution in [0, 0.1) is 6.92 Å². The van der Waals surface area contributed by atoms with Gasteiger partial charge in [0.05, 0.1) is 10.6 Å². The molecule has 174 valence electrons. The van der Waals surface area contributed by atoms with E-state index in [1.165, 1.54) is 12.1 Å². The number of fused-ring (bicyclic) bond motifs is 1. The van der Waals surface area contributed by atoms with Gasteiger partial charge in [0.15, 0.2) is 6.10 Å². The van der Waals surface area contributed by atoms with Crippen molar-refractivity contribution in [2.24, 2.45) is 0 Å². The molecule has 1 atom stereocenters. The molecule has 0 aliphatic heterocycles. The highest BCUT2D eigenvalue weighted by atomic mass is 32.2. The summed E-state index contributed by atoms with van der Waals surface area (Å²) in [5, 5.41) is 4.94. The highest BCUT2D eigenvalue weighted by Crippen LogP contribution is 2.23. The number of hydrogen-bond acceptors (Lipinski definition) is 4. The van der Waals surface area contributed by atoms with Crippen LogP contribution in [0.5, 0.6) is 5.75 Å². The number of aryl methyl sites for hydroxylation is 1. The number of hydrogen-bond donors (Lipinski definition) is 2. The van der Waals surface area contributed by atoms with Crippen LogP contribution in [0.15, 0.2) is 95.9 Å². The van der Waals surface area contributed by atoms with Gasteiger partial charge in [-0.2, -0.15) is 0 Å². The van der Waals surface area contributed by atoms with Crippen molar-refractivity contribution in [3.05, 3.63) is 96.6 Å². The summed E-state index contributed by atoms with van der Waals surface area (Å²) < 4.78 is 34.0. The first-order valence-electron chi connectivity index (χ1n) is 11.0. The molecule has 0 fully saturated rings. The maximum Gasteiger partial charge on any atom is 0.265 e. The summed E-state index contributed by atoms with van der Waals surface area (Å²) in [6.45, 7) is 3.71. The van der Waals surface area contributed by atoms with Gasteiger partial charge in [-0.15, -0.1) is 0 Å². The molecule has 0 aliphatic rings. The number of sulfonamides is 1. The van der Waals surface area contributed by atoms with Gasteiger partial charge in [0, 0.05) is 5.69 Å². The summed E-state index contributed by atoms with van der Waals surface area (Å²) in [5.74, 6) is 0.314. The van der Waals surface area contributed by atoms with Crippen LogP contribution >= 0.6 is 0 Å². The van der Waals surface area contributed by atoms with E-state index in [1.54, 1.807) is 24.3 Å². The molecule has 7 heteroatoms. The number of anilines is 2. The maximum atomic E-state index is 12.8. The smallest absolute Gasteiger partial charge is 0.265 e. The molecule has 0 bridgehead atoms. The molecule has 0 aliphatic carbocycles. The maximum absolute atomic E-state index is 12.8. The first-order chi connectivity index (χ1) is 16.4. The fourth-order valence-electron chi connectivity index (χ4n) is 3.56. The lowest BCUT2D eigenvalue weighted by Gasteiger charge is -2.18. The summed E-state index contributed by atoms with van der Waals surface area (Å²) in [6.07, 6.45) is -0.210. The van der Waals surface area contributed by atoms with Crippen LogP contribution in [-0.2, 0) is 14.8 Å². The minimum Gasteiger partial charge on any atom is -0.481 e. The van der Waals surface area contributed by atoms with E-state index in [1.807, 2.05) is 68.4 Å². The van der Waals surface area contributed by atoms with E-state index in [0.717, 1.165) is 16.3 Å². The zero-order chi connectivity index (χ0) is 24.1. The minimum absolute atomic E-state index is 0.105. The Bertz CT molecular complexity index is 1420. The summed E-state index contributed by atoms with van der Waals surface area (Å²) in [7, 11) is -3.75. The van der Waals surface area contributed by atoms with E-state index in [0.29, 0.717) is 23.5 Å². The van der Waals surface area contributed by atoms with Gasteiger partial charge in [-0.25, -0.2) is 8.42 Å². The largest absolute Gasteiger partial charge is 0.481 e. The van der Waals surface area contributed by atoms with Gasteiger partial charge in [0.25, 0.3) is 15.9 Å². The molecule has 0 saturated carbocycles. The standard InChI is InChI=1S/C27H26N2O4S/c1-3-26(33-23-15-12-20-9-5-6-10-21(20)18-23)27(30)28-22-13-16-24(17-14-22)34(31,32)29-25-11-7-4-8-19(25)2/h4-18,26,29H,3H2,1-2H3,(H,28,30). The quantitative estimate of drug-likeness (QED) is 0.341. The number of benzene rings is 4. The molecule has 0 heterocycles. The predicted octanol–water partition coefficient (Wildman–Crippen LogP) is 5.75. The third-order valence-electron chi connectivity index (χ3n) is 5.48. The van der Waals surface area contributed by atoms with E-state index >= 15 is 0 Å². The van der Waals surface area contributed by atoms with Gasteiger partial charge in [0.1, 0.15) is 5.75 Å². The molecule has 0 aromatic heterocycles. The van der Waals surface area contributed by atoms with E-state index in [2.05, 4.69) is 10.0 Å². The van der Waals surface area contributed by atoms with Crippen LogP contribution in [-0.4, -0.2) is 20.4 Å². The van der Waals surface area contributed by atoms with Gasteiger partial charge >= 0.3 is 0 Å². The monoisotopic (exact) mass is 474 g/mol. The Morgan fingerprint density at radius 3 is 2.26 bits per heavy atom. The van der Waals surface area contributed by atoms with Crippen LogP contribution in [0.4, 0.5) is 11.4 Å². The molecule has 4 rings (SSSR count). The zero-order valence-corrected chi connectivity index (χ0v) is 19.8. The summed E-state index contributed by atoms with van der Waals surface area (Å²) in [5.41, 5.74) is 1.84. The highest BCUT2D eigenvalue weighted by Gasteiger charge is 2.20. The van der Waals surface area contributed by atoms with Crippen LogP contribution in [0.3, 0.4) is 0 Å². The van der Waals surface area contributed by atoms with Crippen molar-refractivity contribution in [3.63, 3.8) is 0 Å². The lowest BCUT2D eigenvalue weighted by atomic mass is 10.1. The number of para-hydroxylation sites is 1. The number of nitrogens with one attached hydrogen (secondary N) is 2. The van der Waals surface area contributed by atoms with Crippen molar-refractivity contribution in [1.29, 1.82) is 0 Å². The van der Waals surface area contributed by atoms with E-state index in [4.69, 9.17) is 4.74 Å². The van der Waals surface area contributed by atoms with Crippen molar-refractivity contribution in [3.8, 4) is 5.75 Å². The third-order valence-corrected chi connectivity index (χ3v) is 6.87. The molecule has 0 spiro atoms. The van der Waals surface area contributed by atoms with E-state index < -0.39 is 16.1 Å². The number of rotatable bonds is 8. The first kappa shape index (κ1) is 23.3. The Hall–Kier alpha value is -3.84. The average Bonchev–Trinajstić information content (AvgIpc) is 2.84. The Morgan fingerprint density at radius 1 is 0.882 bits per heavy atom. The van der Waals surface area contributed by atoms with Gasteiger partial charge in [-0.3, -0.25) is 9.52 Å². The number of ether oxygens (including phenoxy) is 1. The molecule has 34 heavy (non-hydrogen) atoms. The molecular formula is C27H26N2O4S. The fourth-order valence-corrected chi connectivity index (χ4v) is 4.69. The predicted molar refractivity (Wildman–Crippen MR) is 136 cm³/mol. The van der Waals surface area contributed by atoms with Gasteiger partial charge in [0.2, 0.25) is 0 Å². The second kappa shape index (κ2) is 9.97. The van der Waals surface area contributed by atoms with Crippen LogP contribution < -0.4 is 14.8 Å². The Balaban J connectivity index is 1.43. The Labute approximate surface area is 199 Å². The SMILES string of the molecule is CCC(Oc1ccc2ccccc2c1)C(=O)Nc1ccc(S(=O)(=O)Nc2ccccc2C)cc1. The molecule has 2 N–H and O–H groups in total. The molecule has 0 saturated heterocycles. The first-order valence-corrected chi connectivity index (χ1v) is 12.5. The van der Waals surface area contributed by atoms with E-state index in [9.17, 15) is 13.2 Å². The molecule has 6 nitrogen and oxygen atoms in total. The van der Waals surface area contributed by atoms with Crippen LogP contribution in [0.1, 0.15) is 18.9 Å². The highest BCUT2D eigenvalue weighted by molar-refractivity contribution is 7.92. The van der Waals surface area contributed by atoms with E-state index in [-0.39, 0.29) is 10.8 Å². The molecule has 1 unspecified atom stereocenters.